The van der Waals surface area contributed by atoms with Crippen LogP contribution in [-0.2, 0) is 24.2 Å². The van der Waals surface area contributed by atoms with Gasteiger partial charge in [0.15, 0.2) is 0 Å². The number of nitrogens with zero attached hydrogens (tertiary/aromatic N) is 1. The molecule has 2 amide bonds. The molecular weight excluding hydrogens is 336 g/mol. The number of likely N-dealkylation sites (tertiary alicyclic amines) is 1. The van der Waals surface area contributed by atoms with Gasteiger partial charge in [-0.2, -0.15) is 0 Å². The molecule has 0 saturated carbocycles. The molecule has 0 radical (unpaired) electrons. The molecular formula is C23H28N2O2. The number of piperidine rings is 1. The smallest absolute Gasteiger partial charge is 0.255 e. The number of carbonyl (C=O) groups is 2. The molecule has 1 heterocycles. The molecule has 4 nitrogen and oxygen atoms in total. The van der Waals surface area contributed by atoms with E-state index in [1.54, 1.807) is 0 Å². The van der Waals surface area contributed by atoms with Crippen molar-refractivity contribution < 1.29 is 9.59 Å². The van der Waals surface area contributed by atoms with Gasteiger partial charge in [-0.15, -0.1) is 0 Å². The SMILES string of the molecule is CCc1cccc(CC)c1NC(=O)c1ccc(CN2CCCCC2=O)cc1. The van der Waals surface area contributed by atoms with Gasteiger partial charge in [0.1, 0.15) is 0 Å². The summed E-state index contributed by atoms with van der Waals surface area (Å²) in [4.78, 5) is 26.6. The maximum Gasteiger partial charge on any atom is 0.255 e. The summed E-state index contributed by atoms with van der Waals surface area (Å²) in [7, 11) is 0. The molecule has 1 fully saturated rings. The summed E-state index contributed by atoms with van der Waals surface area (Å²) >= 11 is 0. The Morgan fingerprint density at radius 1 is 1.00 bits per heavy atom. The highest BCUT2D eigenvalue weighted by molar-refractivity contribution is 6.05. The molecule has 1 aliphatic rings. The van der Waals surface area contributed by atoms with E-state index in [0.29, 0.717) is 18.5 Å². The van der Waals surface area contributed by atoms with Crippen molar-refractivity contribution in [2.45, 2.75) is 52.5 Å². The molecule has 2 aromatic rings. The average molecular weight is 364 g/mol. The van der Waals surface area contributed by atoms with E-state index in [9.17, 15) is 9.59 Å². The second-order valence-electron chi connectivity index (χ2n) is 7.08. The molecule has 1 saturated heterocycles. The molecule has 0 aromatic heterocycles. The standard InChI is InChI=1S/C23H28N2O2/c1-3-18-8-7-9-19(4-2)22(18)24-23(27)20-13-11-17(12-14-20)16-25-15-6-5-10-21(25)26/h7-9,11-14H,3-6,10,15-16H2,1-2H3,(H,24,27). The molecule has 3 rings (SSSR count). The Bertz CT molecular complexity index is 789. The van der Waals surface area contributed by atoms with E-state index >= 15 is 0 Å². The van der Waals surface area contributed by atoms with Crippen LogP contribution in [0, 0.1) is 0 Å². The molecule has 4 heteroatoms. The first-order valence-corrected chi connectivity index (χ1v) is 9.91. The van der Waals surface area contributed by atoms with Gasteiger partial charge in [-0.05, 0) is 54.5 Å². The van der Waals surface area contributed by atoms with Gasteiger partial charge in [0, 0.05) is 30.8 Å². The number of hydrogen-bond acceptors (Lipinski definition) is 2. The van der Waals surface area contributed by atoms with Gasteiger partial charge in [0.05, 0.1) is 0 Å². The van der Waals surface area contributed by atoms with E-state index in [1.807, 2.05) is 35.2 Å². The zero-order valence-electron chi connectivity index (χ0n) is 16.3. The number of benzene rings is 2. The van der Waals surface area contributed by atoms with Gasteiger partial charge in [0.25, 0.3) is 5.91 Å². The minimum absolute atomic E-state index is 0.0915. The Morgan fingerprint density at radius 3 is 2.26 bits per heavy atom. The highest BCUT2D eigenvalue weighted by Gasteiger charge is 2.18. The number of anilines is 1. The summed E-state index contributed by atoms with van der Waals surface area (Å²) in [6, 6.07) is 13.8. The Labute approximate surface area is 161 Å². The van der Waals surface area contributed by atoms with Crippen molar-refractivity contribution in [3.8, 4) is 0 Å². The van der Waals surface area contributed by atoms with Crippen molar-refractivity contribution in [2.24, 2.45) is 0 Å². The largest absolute Gasteiger partial charge is 0.338 e. The van der Waals surface area contributed by atoms with Crippen molar-refractivity contribution in [1.29, 1.82) is 0 Å². The van der Waals surface area contributed by atoms with Crippen LogP contribution in [0.15, 0.2) is 42.5 Å². The van der Waals surface area contributed by atoms with Crippen LogP contribution >= 0.6 is 0 Å². The Kier molecular flexibility index (Phi) is 6.28. The second-order valence-corrected chi connectivity index (χ2v) is 7.08. The maximum absolute atomic E-state index is 12.7. The Balaban J connectivity index is 1.70. The molecule has 0 atom stereocenters. The van der Waals surface area contributed by atoms with Gasteiger partial charge < -0.3 is 10.2 Å². The third-order valence-corrected chi connectivity index (χ3v) is 5.25. The number of rotatable bonds is 6. The van der Waals surface area contributed by atoms with Crippen LogP contribution in [0.4, 0.5) is 5.69 Å². The average Bonchev–Trinajstić information content (AvgIpc) is 2.70. The summed E-state index contributed by atoms with van der Waals surface area (Å²) < 4.78 is 0. The first-order valence-electron chi connectivity index (χ1n) is 9.91. The van der Waals surface area contributed by atoms with Gasteiger partial charge in [-0.3, -0.25) is 9.59 Å². The quantitative estimate of drug-likeness (QED) is 0.816. The molecule has 0 aliphatic carbocycles. The lowest BCUT2D eigenvalue weighted by atomic mass is 10.0. The molecule has 0 unspecified atom stereocenters. The number of nitrogens with one attached hydrogen (secondary N) is 1. The molecule has 0 spiro atoms. The van der Waals surface area contributed by atoms with E-state index in [-0.39, 0.29) is 11.8 Å². The predicted molar refractivity (Wildman–Crippen MR) is 109 cm³/mol. The number of hydrogen-bond donors (Lipinski definition) is 1. The maximum atomic E-state index is 12.7. The minimum atomic E-state index is -0.0915. The fraction of sp³-hybridized carbons (Fsp3) is 0.391. The lowest BCUT2D eigenvalue weighted by Gasteiger charge is -2.26. The van der Waals surface area contributed by atoms with Gasteiger partial charge in [0.2, 0.25) is 5.91 Å². The van der Waals surface area contributed by atoms with Crippen LogP contribution in [0.5, 0.6) is 0 Å². The molecule has 1 aliphatic heterocycles. The van der Waals surface area contributed by atoms with E-state index < -0.39 is 0 Å². The normalized spacial score (nSPS) is 14.3. The van der Waals surface area contributed by atoms with Crippen LogP contribution in [0.1, 0.15) is 60.2 Å². The van der Waals surface area contributed by atoms with E-state index in [2.05, 4.69) is 31.3 Å². The molecule has 0 bridgehead atoms. The lowest BCUT2D eigenvalue weighted by molar-refractivity contribution is -0.133. The van der Waals surface area contributed by atoms with Crippen LogP contribution in [0.25, 0.3) is 0 Å². The van der Waals surface area contributed by atoms with Gasteiger partial charge in [-0.1, -0.05) is 44.2 Å². The number of para-hydroxylation sites is 1. The van der Waals surface area contributed by atoms with E-state index in [1.165, 1.54) is 0 Å². The second kappa shape index (κ2) is 8.85. The highest BCUT2D eigenvalue weighted by atomic mass is 16.2. The first kappa shape index (κ1) is 19.2. The number of carbonyl (C=O) groups excluding carboxylic acids is 2. The monoisotopic (exact) mass is 364 g/mol. The predicted octanol–water partition coefficient (Wildman–Crippen LogP) is 4.58. The number of aryl methyl sites for hydroxylation is 2. The zero-order chi connectivity index (χ0) is 19.2. The van der Waals surface area contributed by atoms with Crippen molar-refractivity contribution >= 4 is 17.5 Å². The highest BCUT2D eigenvalue weighted by Crippen LogP contribution is 2.23. The van der Waals surface area contributed by atoms with Crippen LogP contribution in [-0.4, -0.2) is 23.3 Å². The summed E-state index contributed by atoms with van der Waals surface area (Å²) in [5, 5.41) is 3.10. The van der Waals surface area contributed by atoms with Crippen LogP contribution < -0.4 is 5.32 Å². The van der Waals surface area contributed by atoms with Crippen molar-refractivity contribution in [2.75, 3.05) is 11.9 Å². The first-order chi connectivity index (χ1) is 13.1. The molecule has 2 aromatic carbocycles. The Morgan fingerprint density at radius 2 is 1.67 bits per heavy atom. The summed E-state index contributed by atoms with van der Waals surface area (Å²) in [5.41, 5.74) is 4.95. The zero-order valence-corrected chi connectivity index (χ0v) is 16.3. The summed E-state index contributed by atoms with van der Waals surface area (Å²) in [6.45, 7) is 5.65. The Hall–Kier alpha value is -2.62. The topological polar surface area (TPSA) is 49.4 Å². The third-order valence-electron chi connectivity index (χ3n) is 5.25. The molecule has 1 N–H and O–H groups in total. The summed E-state index contributed by atoms with van der Waals surface area (Å²) in [5.74, 6) is 0.137. The van der Waals surface area contributed by atoms with Crippen molar-refractivity contribution in [3.05, 3.63) is 64.7 Å². The number of amides is 2. The van der Waals surface area contributed by atoms with Crippen LogP contribution in [0.2, 0.25) is 0 Å². The third kappa shape index (κ3) is 4.57. The minimum Gasteiger partial charge on any atom is -0.338 e. The van der Waals surface area contributed by atoms with Crippen LogP contribution in [0.3, 0.4) is 0 Å². The molecule has 27 heavy (non-hydrogen) atoms. The van der Waals surface area contributed by atoms with Crippen molar-refractivity contribution in [3.63, 3.8) is 0 Å². The van der Waals surface area contributed by atoms with E-state index in [0.717, 1.165) is 54.6 Å². The fourth-order valence-electron chi connectivity index (χ4n) is 3.60. The van der Waals surface area contributed by atoms with Crippen molar-refractivity contribution in [1.82, 2.24) is 4.90 Å². The summed E-state index contributed by atoms with van der Waals surface area (Å²) in [6.07, 6.45) is 4.48. The van der Waals surface area contributed by atoms with E-state index in [4.69, 9.17) is 0 Å². The van der Waals surface area contributed by atoms with Gasteiger partial charge in [-0.25, -0.2) is 0 Å². The lowest BCUT2D eigenvalue weighted by Crippen LogP contribution is -2.34. The fourth-order valence-corrected chi connectivity index (χ4v) is 3.60. The van der Waals surface area contributed by atoms with Gasteiger partial charge >= 0.3 is 0 Å². The molecule has 142 valence electrons.